The molecule has 2 heterocycles. The largest absolute Gasteiger partial charge is 0.377 e. The van der Waals surface area contributed by atoms with Gasteiger partial charge in [0.25, 0.3) is 0 Å². The topological polar surface area (TPSA) is 39.1 Å². The summed E-state index contributed by atoms with van der Waals surface area (Å²) in [7, 11) is 0. The van der Waals surface area contributed by atoms with Gasteiger partial charge in [0.15, 0.2) is 0 Å². The summed E-state index contributed by atoms with van der Waals surface area (Å²) in [5.41, 5.74) is 2.53. The monoisotopic (exact) mass is 265 g/mol. The molecule has 0 aliphatic carbocycles. The Morgan fingerprint density at radius 2 is 2.32 bits per heavy atom. The molecule has 0 radical (unpaired) electrons. The van der Waals surface area contributed by atoms with Gasteiger partial charge in [-0.25, -0.2) is 0 Å². The first-order chi connectivity index (χ1) is 9.28. The highest BCUT2D eigenvalue weighted by molar-refractivity contribution is 5.12. The van der Waals surface area contributed by atoms with Gasteiger partial charge in [-0.15, -0.1) is 0 Å². The maximum Gasteiger partial charge on any atom is 0.0732 e. The first-order valence-corrected chi connectivity index (χ1v) is 7.69. The van der Waals surface area contributed by atoms with E-state index in [4.69, 9.17) is 4.74 Å². The lowest BCUT2D eigenvalue weighted by Crippen LogP contribution is -2.41. The van der Waals surface area contributed by atoms with E-state index >= 15 is 0 Å². The summed E-state index contributed by atoms with van der Waals surface area (Å²) in [5.74, 6) is 0. The second kappa shape index (κ2) is 7.06. The minimum atomic E-state index is 0.366. The molecule has 1 aliphatic rings. The molecule has 1 saturated heterocycles. The van der Waals surface area contributed by atoms with Gasteiger partial charge in [0.2, 0.25) is 0 Å². The van der Waals surface area contributed by atoms with Gasteiger partial charge in [0, 0.05) is 31.3 Å². The molecule has 2 unspecified atom stereocenters. The fourth-order valence-electron chi connectivity index (χ4n) is 2.87. The van der Waals surface area contributed by atoms with Crippen molar-refractivity contribution in [1.29, 1.82) is 0 Å². The zero-order chi connectivity index (χ0) is 13.7. The number of hydrogen-bond acceptors (Lipinski definition) is 3. The standard InChI is InChI=1S/C15H27N3O/c1-4-12-10-13(18(6-3)17-12)11-14(16-5-2)15-8-7-9-19-15/h10,14-16H,4-9,11H2,1-3H3. The zero-order valence-electron chi connectivity index (χ0n) is 12.5. The summed E-state index contributed by atoms with van der Waals surface area (Å²) in [6, 6.07) is 2.67. The van der Waals surface area contributed by atoms with E-state index in [0.717, 1.165) is 32.5 Å². The van der Waals surface area contributed by atoms with E-state index in [9.17, 15) is 0 Å². The molecule has 108 valence electrons. The second-order valence-electron chi connectivity index (χ2n) is 5.22. The van der Waals surface area contributed by atoms with Crippen molar-refractivity contribution in [1.82, 2.24) is 15.1 Å². The number of aryl methyl sites for hydroxylation is 2. The van der Waals surface area contributed by atoms with Crippen molar-refractivity contribution in [3.63, 3.8) is 0 Å². The normalized spacial score (nSPS) is 20.9. The summed E-state index contributed by atoms with van der Waals surface area (Å²) in [4.78, 5) is 0. The number of aromatic nitrogens is 2. The number of hydrogen-bond donors (Lipinski definition) is 1. The Balaban J connectivity index is 2.08. The van der Waals surface area contributed by atoms with E-state index in [1.165, 1.54) is 24.2 Å². The van der Waals surface area contributed by atoms with Crippen LogP contribution in [0.1, 0.15) is 45.0 Å². The Kier molecular flexibility index (Phi) is 5.40. The molecule has 2 atom stereocenters. The second-order valence-corrected chi connectivity index (χ2v) is 5.22. The van der Waals surface area contributed by atoms with Crippen molar-refractivity contribution in [3.05, 3.63) is 17.5 Å². The molecule has 0 spiro atoms. The van der Waals surface area contributed by atoms with Gasteiger partial charge in [-0.1, -0.05) is 13.8 Å². The summed E-state index contributed by atoms with van der Waals surface area (Å²) < 4.78 is 7.99. The molecule has 0 amide bonds. The Bertz CT molecular complexity index is 383. The van der Waals surface area contributed by atoms with Crippen LogP contribution in [0.2, 0.25) is 0 Å². The quantitative estimate of drug-likeness (QED) is 0.821. The summed E-state index contributed by atoms with van der Waals surface area (Å²) >= 11 is 0. The van der Waals surface area contributed by atoms with Crippen LogP contribution in [0.25, 0.3) is 0 Å². The van der Waals surface area contributed by atoms with Gasteiger partial charge < -0.3 is 10.1 Å². The predicted octanol–water partition coefficient (Wildman–Crippen LogP) is 2.17. The Labute approximate surface area is 116 Å². The van der Waals surface area contributed by atoms with Crippen molar-refractivity contribution < 1.29 is 4.74 Å². The van der Waals surface area contributed by atoms with E-state index in [1.54, 1.807) is 0 Å². The third-order valence-electron chi connectivity index (χ3n) is 3.88. The third-order valence-corrected chi connectivity index (χ3v) is 3.88. The van der Waals surface area contributed by atoms with Crippen LogP contribution < -0.4 is 5.32 Å². The first-order valence-electron chi connectivity index (χ1n) is 7.69. The highest BCUT2D eigenvalue weighted by Crippen LogP contribution is 2.19. The van der Waals surface area contributed by atoms with Crippen LogP contribution in [0.3, 0.4) is 0 Å². The lowest BCUT2D eigenvalue weighted by molar-refractivity contribution is 0.0783. The van der Waals surface area contributed by atoms with Gasteiger partial charge >= 0.3 is 0 Å². The van der Waals surface area contributed by atoms with Crippen LogP contribution in [0.5, 0.6) is 0 Å². The van der Waals surface area contributed by atoms with E-state index in [-0.39, 0.29) is 0 Å². The van der Waals surface area contributed by atoms with Gasteiger partial charge in [0.05, 0.1) is 11.8 Å². The number of nitrogens with zero attached hydrogens (tertiary/aromatic N) is 2. The fourth-order valence-corrected chi connectivity index (χ4v) is 2.87. The lowest BCUT2D eigenvalue weighted by Gasteiger charge is -2.24. The third kappa shape index (κ3) is 3.57. The highest BCUT2D eigenvalue weighted by Gasteiger charge is 2.26. The Morgan fingerprint density at radius 1 is 1.47 bits per heavy atom. The molecule has 2 rings (SSSR count). The maximum atomic E-state index is 5.85. The van der Waals surface area contributed by atoms with E-state index in [0.29, 0.717) is 12.1 Å². The minimum Gasteiger partial charge on any atom is -0.377 e. The van der Waals surface area contributed by atoms with Gasteiger partial charge in [-0.3, -0.25) is 4.68 Å². The van der Waals surface area contributed by atoms with E-state index < -0.39 is 0 Å². The van der Waals surface area contributed by atoms with Crippen LogP contribution in [0.15, 0.2) is 6.07 Å². The van der Waals surface area contributed by atoms with E-state index in [2.05, 4.69) is 41.9 Å². The molecule has 1 N–H and O–H groups in total. The summed E-state index contributed by atoms with van der Waals surface area (Å²) in [6.45, 7) is 9.33. The molecule has 19 heavy (non-hydrogen) atoms. The number of nitrogens with one attached hydrogen (secondary N) is 1. The van der Waals surface area contributed by atoms with Crippen molar-refractivity contribution in [2.45, 2.75) is 65.1 Å². The van der Waals surface area contributed by atoms with Crippen LogP contribution in [-0.2, 0) is 24.1 Å². The smallest absolute Gasteiger partial charge is 0.0732 e. The van der Waals surface area contributed by atoms with Crippen LogP contribution in [0, 0.1) is 0 Å². The molecule has 0 bridgehead atoms. The average Bonchev–Trinajstić information content (AvgIpc) is 3.07. The molecule has 4 nitrogen and oxygen atoms in total. The molecule has 1 fully saturated rings. The molecular weight excluding hydrogens is 238 g/mol. The van der Waals surface area contributed by atoms with Crippen LogP contribution >= 0.6 is 0 Å². The zero-order valence-corrected chi connectivity index (χ0v) is 12.5. The highest BCUT2D eigenvalue weighted by atomic mass is 16.5. The Hall–Kier alpha value is -0.870. The predicted molar refractivity (Wildman–Crippen MR) is 77.4 cm³/mol. The number of rotatable bonds is 7. The molecular formula is C15H27N3O. The van der Waals surface area contributed by atoms with Gasteiger partial charge in [-0.2, -0.15) is 5.10 Å². The van der Waals surface area contributed by atoms with E-state index in [1.807, 2.05) is 0 Å². The van der Waals surface area contributed by atoms with Crippen molar-refractivity contribution in [2.75, 3.05) is 13.2 Å². The Morgan fingerprint density at radius 3 is 2.89 bits per heavy atom. The fraction of sp³-hybridized carbons (Fsp3) is 0.800. The van der Waals surface area contributed by atoms with Gasteiger partial charge in [-0.05, 0) is 38.8 Å². The minimum absolute atomic E-state index is 0.366. The first kappa shape index (κ1) is 14.5. The molecule has 1 aliphatic heterocycles. The molecule has 0 saturated carbocycles. The molecule has 0 aromatic carbocycles. The van der Waals surface area contributed by atoms with Crippen molar-refractivity contribution >= 4 is 0 Å². The summed E-state index contributed by atoms with van der Waals surface area (Å²) in [5, 5.41) is 8.22. The number of ether oxygens (including phenoxy) is 1. The van der Waals surface area contributed by atoms with Crippen molar-refractivity contribution in [3.8, 4) is 0 Å². The SMILES string of the molecule is CCNC(Cc1cc(CC)nn1CC)C1CCCO1. The average molecular weight is 265 g/mol. The maximum absolute atomic E-state index is 5.85. The molecule has 1 aromatic heterocycles. The molecule has 4 heteroatoms. The lowest BCUT2D eigenvalue weighted by atomic mass is 10.0. The van der Waals surface area contributed by atoms with Crippen LogP contribution in [0.4, 0.5) is 0 Å². The van der Waals surface area contributed by atoms with Crippen molar-refractivity contribution in [2.24, 2.45) is 0 Å². The number of likely N-dealkylation sites (N-methyl/N-ethyl adjacent to an activating group) is 1. The van der Waals surface area contributed by atoms with Crippen LogP contribution in [-0.4, -0.2) is 35.1 Å². The summed E-state index contributed by atoms with van der Waals surface area (Å²) in [6.07, 6.45) is 4.76. The van der Waals surface area contributed by atoms with Gasteiger partial charge in [0.1, 0.15) is 0 Å². The molecule has 1 aromatic rings.